The summed E-state index contributed by atoms with van der Waals surface area (Å²) in [7, 11) is 0. The largest absolute Gasteiger partial charge is 0.265 e. The van der Waals surface area contributed by atoms with Crippen LogP contribution in [0.3, 0.4) is 0 Å². The van der Waals surface area contributed by atoms with E-state index in [1.165, 1.54) is 22.0 Å². The molecule has 0 unspecified atom stereocenters. The molecule has 0 bridgehead atoms. The van der Waals surface area contributed by atoms with E-state index in [9.17, 15) is 0 Å². The van der Waals surface area contributed by atoms with E-state index in [2.05, 4.69) is 54.5 Å². The molecule has 1 heterocycles. The van der Waals surface area contributed by atoms with Crippen molar-refractivity contribution in [1.82, 2.24) is 9.78 Å². The monoisotopic (exact) mass is 222 g/mol. The molecule has 0 atom stereocenters. The van der Waals surface area contributed by atoms with Crippen molar-refractivity contribution >= 4 is 10.8 Å². The summed E-state index contributed by atoms with van der Waals surface area (Å²) >= 11 is 0. The van der Waals surface area contributed by atoms with Gasteiger partial charge < -0.3 is 0 Å². The minimum absolute atomic E-state index is 0.834. The predicted molar refractivity (Wildman–Crippen MR) is 70.0 cm³/mol. The van der Waals surface area contributed by atoms with Crippen molar-refractivity contribution in [3.8, 4) is 0 Å². The summed E-state index contributed by atoms with van der Waals surface area (Å²) < 4.78 is 2.03. The maximum absolute atomic E-state index is 4.33. The van der Waals surface area contributed by atoms with Crippen LogP contribution in [-0.2, 0) is 6.54 Å². The second kappa shape index (κ2) is 4.06. The lowest BCUT2D eigenvalue weighted by molar-refractivity contribution is 0.668. The zero-order chi connectivity index (χ0) is 11.7. The number of hydrogen-bond acceptors (Lipinski definition) is 1. The molecule has 0 saturated carbocycles. The zero-order valence-electron chi connectivity index (χ0n) is 9.80. The van der Waals surface area contributed by atoms with Gasteiger partial charge in [0.05, 0.1) is 6.54 Å². The van der Waals surface area contributed by atoms with Crippen LogP contribution in [0.15, 0.2) is 54.7 Å². The van der Waals surface area contributed by atoms with Crippen LogP contribution in [0.2, 0.25) is 0 Å². The molecule has 0 radical (unpaired) electrons. The number of aromatic nitrogens is 2. The number of benzene rings is 2. The van der Waals surface area contributed by atoms with E-state index >= 15 is 0 Å². The van der Waals surface area contributed by atoms with Crippen molar-refractivity contribution in [2.45, 2.75) is 13.5 Å². The predicted octanol–water partition coefficient (Wildman–Crippen LogP) is 3.39. The molecule has 0 fully saturated rings. The molecule has 0 aliphatic carbocycles. The third-order valence-electron chi connectivity index (χ3n) is 3.13. The van der Waals surface area contributed by atoms with Crippen LogP contribution >= 0.6 is 0 Å². The van der Waals surface area contributed by atoms with E-state index in [1.54, 1.807) is 0 Å². The molecule has 1 aromatic heterocycles. The van der Waals surface area contributed by atoms with Gasteiger partial charge in [-0.05, 0) is 29.3 Å². The maximum atomic E-state index is 4.33. The van der Waals surface area contributed by atoms with Gasteiger partial charge in [-0.1, -0.05) is 42.5 Å². The Kier molecular flexibility index (Phi) is 2.41. The van der Waals surface area contributed by atoms with Crippen LogP contribution in [-0.4, -0.2) is 9.78 Å². The van der Waals surface area contributed by atoms with Crippen LogP contribution in [0.5, 0.6) is 0 Å². The van der Waals surface area contributed by atoms with Gasteiger partial charge in [0.25, 0.3) is 0 Å². The van der Waals surface area contributed by atoms with Gasteiger partial charge in [0.1, 0.15) is 0 Å². The minimum atomic E-state index is 0.834. The molecule has 2 nitrogen and oxygen atoms in total. The topological polar surface area (TPSA) is 17.8 Å². The van der Waals surface area contributed by atoms with Crippen LogP contribution in [0.4, 0.5) is 0 Å². The van der Waals surface area contributed by atoms with Gasteiger partial charge in [-0.2, -0.15) is 5.10 Å². The van der Waals surface area contributed by atoms with Gasteiger partial charge in [0.15, 0.2) is 0 Å². The Morgan fingerprint density at radius 2 is 1.82 bits per heavy atom. The Morgan fingerprint density at radius 1 is 1.00 bits per heavy atom. The zero-order valence-corrected chi connectivity index (χ0v) is 9.80. The van der Waals surface area contributed by atoms with E-state index in [-0.39, 0.29) is 0 Å². The van der Waals surface area contributed by atoms with Gasteiger partial charge >= 0.3 is 0 Å². The van der Waals surface area contributed by atoms with Crippen molar-refractivity contribution in [1.29, 1.82) is 0 Å². The second-order valence-electron chi connectivity index (χ2n) is 4.27. The highest BCUT2D eigenvalue weighted by atomic mass is 15.3. The summed E-state index contributed by atoms with van der Waals surface area (Å²) in [4.78, 5) is 0. The lowest BCUT2D eigenvalue weighted by Gasteiger charge is -2.08. The van der Waals surface area contributed by atoms with Gasteiger partial charge in [0, 0.05) is 11.9 Å². The summed E-state index contributed by atoms with van der Waals surface area (Å²) in [6.07, 6.45) is 1.85. The molecule has 3 rings (SSSR count). The molecule has 2 aromatic carbocycles. The first-order valence-electron chi connectivity index (χ1n) is 5.79. The van der Waals surface area contributed by atoms with Crippen LogP contribution in [0, 0.1) is 6.92 Å². The van der Waals surface area contributed by atoms with E-state index in [0.717, 1.165) is 6.54 Å². The average molecular weight is 222 g/mol. The summed E-state index contributed by atoms with van der Waals surface area (Å²) in [5, 5.41) is 6.93. The second-order valence-corrected chi connectivity index (χ2v) is 4.27. The van der Waals surface area contributed by atoms with Crippen molar-refractivity contribution in [2.24, 2.45) is 0 Å². The fourth-order valence-electron chi connectivity index (χ4n) is 2.16. The quantitative estimate of drug-likeness (QED) is 0.650. The summed E-state index contributed by atoms with van der Waals surface area (Å²) in [5.74, 6) is 0. The number of fused-ring (bicyclic) bond motifs is 1. The highest BCUT2D eigenvalue weighted by molar-refractivity contribution is 5.85. The van der Waals surface area contributed by atoms with E-state index in [1.807, 2.05) is 16.9 Å². The molecule has 0 spiro atoms. The number of nitrogens with zero attached hydrogens (tertiary/aromatic N) is 2. The Labute approximate surface area is 101 Å². The number of hydrogen-bond donors (Lipinski definition) is 0. The Balaban J connectivity index is 2.09. The minimum Gasteiger partial charge on any atom is -0.265 e. The van der Waals surface area contributed by atoms with Gasteiger partial charge in [-0.15, -0.1) is 0 Å². The Morgan fingerprint density at radius 3 is 2.65 bits per heavy atom. The highest BCUT2D eigenvalue weighted by Crippen LogP contribution is 2.19. The normalized spacial score (nSPS) is 10.9. The van der Waals surface area contributed by atoms with E-state index in [4.69, 9.17) is 0 Å². The van der Waals surface area contributed by atoms with Crippen molar-refractivity contribution < 1.29 is 0 Å². The molecule has 2 heteroatoms. The smallest absolute Gasteiger partial charge is 0.0668 e. The molecular weight excluding hydrogens is 208 g/mol. The molecule has 0 aliphatic heterocycles. The molecule has 84 valence electrons. The van der Waals surface area contributed by atoms with Crippen LogP contribution < -0.4 is 0 Å². The highest BCUT2D eigenvalue weighted by Gasteiger charge is 2.02. The van der Waals surface area contributed by atoms with Crippen LogP contribution in [0.1, 0.15) is 11.3 Å². The van der Waals surface area contributed by atoms with Gasteiger partial charge in [0.2, 0.25) is 0 Å². The van der Waals surface area contributed by atoms with E-state index in [0.29, 0.717) is 0 Å². The Bertz CT molecular complexity index is 647. The average Bonchev–Trinajstić information content (AvgIpc) is 2.76. The van der Waals surface area contributed by atoms with Gasteiger partial charge in [-0.3, -0.25) is 4.68 Å². The first-order chi connectivity index (χ1) is 8.34. The molecule has 17 heavy (non-hydrogen) atoms. The Hall–Kier alpha value is -2.09. The van der Waals surface area contributed by atoms with E-state index < -0.39 is 0 Å². The summed E-state index contributed by atoms with van der Waals surface area (Å²) in [6, 6.07) is 16.9. The third kappa shape index (κ3) is 1.82. The summed E-state index contributed by atoms with van der Waals surface area (Å²) in [6.45, 7) is 2.91. The van der Waals surface area contributed by atoms with Crippen molar-refractivity contribution in [3.05, 3.63) is 66.0 Å². The SMILES string of the molecule is Cc1ccnn1Cc1cccc2ccccc12. The first-order valence-corrected chi connectivity index (χ1v) is 5.79. The van der Waals surface area contributed by atoms with Gasteiger partial charge in [-0.25, -0.2) is 0 Å². The fraction of sp³-hybridized carbons (Fsp3) is 0.133. The standard InChI is InChI=1S/C15H14N2/c1-12-9-10-16-17(12)11-14-7-4-6-13-5-2-3-8-15(13)14/h2-10H,11H2,1H3. The third-order valence-corrected chi connectivity index (χ3v) is 3.13. The number of rotatable bonds is 2. The molecular formula is C15H14N2. The summed E-state index contributed by atoms with van der Waals surface area (Å²) in [5.41, 5.74) is 2.51. The van der Waals surface area contributed by atoms with Crippen LogP contribution in [0.25, 0.3) is 10.8 Å². The molecule has 0 amide bonds. The number of aryl methyl sites for hydroxylation is 1. The van der Waals surface area contributed by atoms with Crippen molar-refractivity contribution in [2.75, 3.05) is 0 Å². The fourth-order valence-corrected chi connectivity index (χ4v) is 2.16. The van der Waals surface area contributed by atoms with Crippen molar-refractivity contribution in [3.63, 3.8) is 0 Å². The molecule has 3 aromatic rings. The maximum Gasteiger partial charge on any atom is 0.0668 e. The molecule has 0 aliphatic rings. The lowest BCUT2D eigenvalue weighted by atomic mass is 10.0. The molecule has 0 saturated heterocycles. The lowest BCUT2D eigenvalue weighted by Crippen LogP contribution is -2.03. The molecule has 0 N–H and O–H groups in total. The first kappa shape index (κ1) is 10.1.